The van der Waals surface area contributed by atoms with E-state index in [1.165, 1.54) is 11.3 Å². The molecule has 3 aromatic rings. The van der Waals surface area contributed by atoms with Gasteiger partial charge in [-0.2, -0.15) is 0 Å². The Morgan fingerprint density at radius 1 is 1.24 bits per heavy atom. The molecular formula is C22H24N4O2S. The van der Waals surface area contributed by atoms with Gasteiger partial charge in [0.2, 0.25) is 5.95 Å². The molecule has 0 saturated carbocycles. The quantitative estimate of drug-likeness (QED) is 0.668. The van der Waals surface area contributed by atoms with E-state index in [0.29, 0.717) is 29.7 Å². The van der Waals surface area contributed by atoms with E-state index in [1.54, 1.807) is 12.4 Å². The summed E-state index contributed by atoms with van der Waals surface area (Å²) < 4.78 is 5.76. The zero-order chi connectivity index (χ0) is 20.1. The van der Waals surface area contributed by atoms with Gasteiger partial charge in [0.25, 0.3) is 5.91 Å². The third kappa shape index (κ3) is 4.56. The highest BCUT2D eigenvalue weighted by molar-refractivity contribution is 7.17. The molecule has 0 aliphatic carbocycles. The molecule has 1 amide bonds. The van der Waals surface area contributed by atoms with Gasteiger partial charge in [0, 0.05) is 36.4 Å². The van der Waals surface area contributed by atoms with Gasteiger partial charge < -0.3 is 15.0 Å². The van der Waals surface area contributed by atoms with Gasteiger partial charge in [0.05, 0.1) is 6.61 Å². The van der Waals surface area contributed by atoms with Crippen molar-refractivity contribution >= 4 is 23.2 Å². The number of aromatic nitrogens is 2. The lowest BCUT2D eigenvalue weighted by atomic mass is 10.1. The normalized spacial score (nSPS) is 16.4. The maximum atomic E-state index is 13.1. The number of nitrogens with zero attached hydrogens (tertiary/aromatic N) is 3. The number of carbonyl (C=O) groups excluding carboxylic acids is 1. The maximum absolute atomic E-state index is 13.1. The van der Waals surface area contributed by atoms with Gasteiger partial charge in [0.1, 0.15) is 10.6 Å². The van der Waals surface area contributed by atoms with Gasteiger partial charge in [0.15, 0.2) is 0 Å². The van der Waals surface area contributed by atoms with Gasteiger partial charge in [-0.15, -0.1) is 11.3 Å². The van der Waals surface area contributed by atoms with Crippen LogP contribution < -0.4 is 15.0 Å². The van der Waals surface area contributed by atoms with Crippen LogP contribution >= 0.6 is 11.3 Å². The Morgan fingerprint density at radius 2 is 2.03 bits per heavy atom. The van der Waals surface area contributed by atoms with Crippen molar-refractivity contribution in [2.45, 2.75) is 25.8 Å². The monoisotopic (exact) mass is 408 g/mol. The summed E-state index contributed by atoms with van der Waals surface area (Å²) in [6.07, 6.45) is 5.42. The largest absolute Gasteiger partial charge is 0.492 e. The minimum absolute atomic E-state index is 0.0526. The molecule has 1 fully saturated rings. The number of hydrogen-bond acceptors (Lipinski definition) is 6. The van der Waals surface area contributed by atoms with Crippen molar-refractivity contribution in [3.05, 3.63) is 59.7 Å². The molecule has 0 bridgehead atoms. The van der Waals surface area contributed by atoms with Crippen LogP contribution in [-0.4, -0.2) is 41.6 Å². The number of piperidine rings is 1. The summed E-state index contributed by atoms with van der Waals surface area (Å²) in [5.74, 6) is 1.28. The van der Waals surface area contributed by atoms with E-state index < -0.39 is 0 Å². The van der Waals surface area contributed by atoms with Crippen LogP contribution in [0, 0.1) is 0 Å². The van der Waals surface area contributed by atoms with Crippen molar-refractivity contribution in [3.8, 4) is 16.2 Å². The summed E-state index contributed by atoms with van der Waals surface area (Å²) >= 11 is 1.47. The zero-order valence-corrected chi connectivity index (χ0v) is 17.2. The Labute approximate surface area is 174 Å². The Kier molecular flexibility index (Phi) is 6.05. The fourth-order valence-corrected chi connectivity index (χ4v) is 4.53. The number of rotatable bonds is 6. The molecule has 0 unspecified atom stereocenters. The van der Waals surface area contributed by atoms with Gasteiger partial charge in [-0.05, 0) is 37.5 Å². The number of benzene rings is 1. The molecular weight excluding hydrogens is 384 g/mol. The fourth-order valence-electron chi connectivity index (χ4n) is 3.52. The molecule has 2 aromatic heterocycles. The van der Waals surface area contributed by atoms with Crippen molar-refractivity contribution < 1.29 is 9.53 Å². The predicted molar refractivity (Wildman–Crippen MR) is 116 cm³/mol. The van der Waals surface area contributed by atoms with E-state index in [2.05, 4.69) is 20.2 Å². The van der Waals surface area contributed by atoms with Crippen LogP contribution in [0.1, 0.15) is 29.4 Å². The number of amides is 1. The summed E-state index contributed by atoms with van der Waals surface area (Å²) in [7, 11) is 0. The molecule has 1 saturated heterocycles. The van der Waals surface area contributed by atoms with Gasteiger partial charge in [-0.25, -0.2) is 9.97 Å². The first-order valence-corrected chi connectivity index (χ1v) is 10.7. The van der Waals surface area contributed by atoms with E-state index in [0.717, 1.165) is 29.8 Å². The molecule has 1 N–H and O–H groups in total. The van der Waals surface area contributed by atoms with Crippen LogP contribution in [0.3, 0.4) is 0 Å². The zero-order valence-electron chi connectivity index (χ0n) is 16.4. The summed E-state index contributed by atoms with van der Waals surface area (Å²) in [6, 6.07) is 13.9. The van der Waals surface area contributed by atoms with Crippen molar-refractivity contribution in [2.24, 2.45) is 0 Å². The molecule has 3 heterocycles. The molecule has 0 radical (unpaired) electrons. The Morgan fingerprint density at radius 3 is 2.79 bits per heavy atom. The standard InChI is InChI=1S/C22H24N4O2S/c1-2-28-18-14-19(16-8-4-3-5-9-16)29-20(18)21(27)25-17-10-6-13-26(15-17)22-23-11-7-12-24-22/h3-5,7-9,11-12,14,17H,2,6,10,13,15H2,1H3,(H,25,27)/t17-/m1/s1. The molecule has 1 aliphatic rings. The fraction of sp³-hybridized carbons (Fsp3) is 0.318. The summed E-state index contributed by atoms with van der Waals surface area (Å²) in [5.41, 5.74) is 1.09. The molecule has 0 spiro atoms. The maximum Gasteiger partial charge on any atom is 0.265 e. The second-order valence-electron chi connectivity index (χ2n) is 6.91. The van der Waals surface area contributed by atoms with Gasteiger partial charge in [-0.1, -0.05) is 30.3 Å². The lowest BCUT2D eigenvalue weighted by Crippen LogP contribution is -2.48. The van der Waals surface area contributed by atoms with E-state index >= 15 is 0 Å². The number of carbonyl (C=O) groups is 1. The molecule has 150 valence electrons. The molecule has 1 aromatic carbocycles. The predicted octanol–water partition coefficient (Wildman–Crippen LogP) is 4.00. The molecule has 4 rings (SSSR count). The molecule has 6 nitrogen and oxygen atoms in total. The number of nitrogens with one attached hydrogen (secondary N) is 1. The average molecular weight is 409 g/mol. The summed E-state index contributed by atoms with van der Waals surface area (Å²) in [5, 5.41) is 3.19. The first-order valence-electron chi connectivity index (χ1n) is 9.89. The third-order valence-electron chi connectivity index (χ3n) is 4.85. The lowest BCUT2D eigenvalue weighted by Gasteiger charge is -2.33. The first kappa shape index (κ1) is 19.4. The topological polar surface area (TPSA) is 67.3 Å². The third-order valence-corrected chi connectivity index (χ3v) is 6.02. The van der Waals surface area contributed by atoms with Crippen molar-refractivity contribution in [2.75, 3.05) is 24.6 Å². The van der Waals surface area contributed by atoms with Crippen LogP contribution in [0.15, 0.2) is 54.9 Å². The Hall–Kier alpha value is -2.93. The highest BCUT2D eigenvalue weighted by atomic mass is 32.1. The lowest BCUT2D eigenvalue weighted by molar-refractivity contribution is 0.0934. The van der Waals surface area contributed by atoms with Gasteiger partial charge >= 0.3 is 0 Å². The van der Waals surface area contributed by atoms with Crippen LogP contribution in [0.25, 0.3) is 10.4 Å². The molecule has 7 heteroatoms. The van der Waals surface area contributed by atoms with Crippen LogP contribution in [0.5, 0.6) is 5.75 Å². The highest BCUT2D eigenvalue weighted by Crippen LogP contribution is 2.36. The average Bonchev–Trinajstić information content (AvgIpc) is 3.20. The number of hydrogen-bond donors (Lipinski definition) is 1. The van der Waals surface area contributed by atoms with Crippen molar-refractivity contribution in [1.29, 1.82) is 0 Å². The minimum Gasteiger partial charge on any atom is -0.492 e. The SMILES string of the molecule is CCOc1cc(-c2ccccc2)sc1C(=O)N[C@@H]1CCCN(c2ncccn2)C1. The van der Waals surface area contributed by atoms with E-state index in [-0.39, 0.29) is 11.9 Å². The number of thiophene rings is 1. The molecule has 1 aliphatic heterocycles. The molecule has 29 heavy (non-hydrogen) atoms. The minimum atomic E-state index is -0.0820. The Bertz CT molecular complexity index is 946. The van der Waals surface area contributed by atoms with Gasteiger partial charge in [-0.3, -0.25) is 4.79 Å². The molecule has 1 atom stereocenters. The summed E-state index contributed by atoms with van der Waals surface area (Å²) in [6.45, 7) is 4.06. The number of anilines is 1. The first-order chi connectivity index (χ1) is 14.2. The van der Waals surface area contributed by atoms with E-state index in [9.17, 15) is 4.79 Å². The van der Waals surface area contributed by atoms with Crippen LogP contribution in [0.4, 0.5) is 5.95 Å². The second kappa shape index (κ2) is 9.05. The Balaban J connectivity index is 1.49. The van der Waals surface area contributed by atoms with E-state index in [1.807, 2.05) is 49.4 Å². The second-order valence-corrected chi connectivity index (χ2v) is 7.96. The summed E-state index contributed by atoms with van der Waals surface area (Å²) in [4.78, 5) is 25.5. The van der Waals surface area contributed by atoms with Crippen LogP contribution in [0.2, 0.25) is 0 Å². The van der Waals surface area contributed by atoms with Crippen molar-refractivity contribution in [3.63, 3.8) is 0 Å². The van der Waals surface area contributed by atoms with Crippen LogP contribution in [-0.2, 0) is 0 Å². The van der Waals surface area contributed by atoms with E-state index in [4.69, 9.17) is 4.74 Å². The highest BCUT2D eigenvalue weighted by Gasteiger charge is 2.26. The van der Waals surface area contributed by atoms with Crippen molar-refractivity contribution in [1.82, 2.24) is 15.3 Å². The smallest absolute Gasteiger partial charge is 0.265 e. The number of ether oxygens (including phenoxy) is 1.